The summed E-state index contributed by atoms with van der Waals surface area (Å²) in [4.78, 5) is 26.8. The third-order valence-corrected chi connectivity index (χ3v) is 7.08. The van der Waals surface area contributed by atoms with Crippen LogP contribution in [0.25, 0.3) is 0 Å². The second kappa shape index (κ2) is 8.58. The van der Waals surface area contributed by atoms with E-state index in [1.54, 1.807) is 13.0 Å². The van der Waals surface area contributed by atoms with Gasteiger partial charge in [0.15, 0.2) is 12.1 Å². The van der Waals surface area contributed by atoms with E-state index in [4.69, 9.17) is 19.9 Å². The molecule has 0 saturated carbocycles. The van der Waals surface area contributed by atoms with Crippen molar-refractivity contribution in [3.05, 3.63) is 51.6 Å². The molecule has 6 N–H and O–H groups in total. The average Bonchev–Trinajstić information content (AvgIpc) is 2.82. The Balaban J connectivity index is 1.62. The Kier molecular flexibility index (Phi) is 5.81. The van der Waals surface area contributed by atoms with Crippen LogP contribution in [0.1, 0.15) is 68.8 Å². The van der Waals surface area contributed by atoms with Gasteiger partial charge in [0.05, 0.1) is 48.2 Å². The number of nitrogens with two attached hydrogens (primary N) is 1. The normalized spacial score (nSPS) is 29.9. The highest BCUT2D eigenvalue weighted by Crippen LogP contribution is 2.50. The summed E-state index contributed by atoms with van der Waals surface area (Å²) < 4.78 is 17.0. The highest BCUT2D eigenvalue weighted by atomic mass is 16.7. The van der Waals surface area contributed by atoms with E-state index in [2.05, 4.69) is 0 Å². The Morgan fingerprint density at radius 2 is 1.74 bits per heavy atom. The average molecular weight is 485 g/mol. The standard InChI is InChI=1S/C25H27NO9/c1-9-21(28)13(26)8-16(34-9)35-15-7-10(27)6-12-18(15)25(32)20-19(23(12)30)22(29)11-4-3-5-14(33-2)17(11)24(20)31/h3-5,9-10,13,15-16,21,27-28,30,32H,6-8,26H2,1-2H3/t9-,10+,13+,15+,16-,21-/m0/s1. The lowest BCUT2D eigenvalue weighted by Gasteiger charge is -2.39. The molecule has 2 aliphatic carbocycles. The largest absolute Gasteiger partial charge is 0.507 e. The molecular weight excluding hydrogens is 458 g/mol. The van der Waals surface area contributed by atoms with E-state index in [9.17, 15) is 30.0 Å². The number of methoxy groups -OCH3 is 1. The van der Waals surface area contributed by atoms with Crippen molar-refractivity contribution in [3.63, 3.8) is 0 Å². The number of hydrogen-bond acceptors (Lipinski definition) is 10. The molecule has 0 spiro atoms. The number of aliphatic hydroxyl groups excluding tert-OH is 2. The lowest BCUT2D eigenvalue weighted by molar-refractivity contribution is -0.244. The molecule has 35 heavy (non-hydrogen) atoms. The second-order valence-electron chi connectivity index (χ2n) is 9.26. The molecule has 2 aromatic rings. The van der Waals surface area contributed by atoms with E-state index in [0.29, 0.717) is 0 Å². The molecule has 1 fully saturated rings. The Bertz CT molecular complexity index is 1210. The van der Waals surface area contributed by atoms with Crippen LogP contribution in [0, 0.1) is 0 Å². The molecule has 6 atom stereocenters. The first-order valence-corrected chi connectivity index (χ1v) is 11.4. The van der Waals surface area contributed by atoms with Crippen LogP contribution in [-0.4, -0.2) is 69.7 Å². The van der Waals surface area contributed by atoms with Gasteiger partial charge in [0.2, 0.25) is 5.78 Å². The Hall–Kier alpha value is -3.02. The summed E-state index contributed by atoms with van der Waals surface area (Å²) in [6.45, 7) is 1.65. The quantitative estimate of drug-likeness (QED) is 0.338. The van der Waals surface area contributed by atoms with Crippen LogP contribution in [0.4, 0.5) is 0 Å². The summed E-state index contributed by atoms with van der Waals surface area (Å²) in [5.74, 6) is -2.10. The number of phenols is 2. The monoisotopic (exact) mass is 485 g/mol. The highest BCUT2D eigenvalue weighted by molar-refractivity contribution is 6.31. The summed E-state index contributed by atoms with van der Waals surface area (Å²) in [5.41, 5.74) is 5.64. The molecule has 0 bridgehead atoms. The lowest BCUT2D eigenvalue weighted by Crippen LogP contribution is -2.52. The van der Waals surface area contributed by atoms with Crippen LogP contribution in [0.2, 0.25) is 0 Å². The number of carbonyl (C=O) groups excluding carboxylic acids is 2. The third-order valence-electron chi connectivity index (χ3n) is 7.08. The van der Waals surface area contributed by atoms with Crippen molar-refractivity contribution >= 4 is 11.6 Å². The minimum absolute atomic E-state index is 0.000127. The van der Waals surface area contributed by atoms with Gasteiger partial charge in [0.1, 0.15) is 17.2 Å². The summed E-state index contributed by atoms with van der Waals surface area (Å²) in [7, 11) is 1.37. The van der Waals surface area contributed by atoms with E-state index >= 15 is 0 Å². The first-order valence-electron chi connectivity index (χ1n) is 11.4. The summed E-state index contributed by atoms with van der Waals surface area (Å²) in [5, 5.41) is 43.0. The minimum Gasteiger partial charge on any atom is -0.507 e. The number of carbonyl (C=O) groups is 2. The summed E-state index contributed by atoms with van der Waals surface area (Å²) in [6.07, 6.45) is -4.09. The molecule has 2 aromatic carbocycles. The molecule has 0 radical (unpaired) electrons. The number of hydrogen-bond donors (Lipinski definition) is 5. The van der Waals surface area contributed by atoms with Crippen molar-refractivity contribution in [1.82, 2.24) is 0 Å². The zero-order valence-electron chi connectivity index (χ0n) is 19.2. The van der Waals surface area contributed by atoms with E-state index in [1.807, 2.05) is 0 Å². The molecule has 1 saturated heterocycles. The second-order valence-corrected chi connectivity index (χ2v) is 9.26. The Labute approximate surface area is 200 Å². The predicted octanol–water partition coefficient (Wildman–Crippen LogP) is 1.07. The van der Waals surface area contributed by atoms with Crippen molar-refractivity contribution in [2.24, 2.45) is 5.73 Å². The van der Waals surface area contributed by atoms with Gasteiger partial charge < -0.3 is 40.4 Å². The molecule has 0 amide bonds. The molecule has 3 aliphatic rings. The van der Waals surface area contributed by atoms with Crippen molar-refractivity contribution in [1.29, 1.82) is 0 Å². The number of fused-ring (bicyclic) bond motifs is 3. The summed E-state index contributed by atoms with van der Waals surface area (Å²) >= 11 is 0. The maximum Gasteiger partial charge on any atom is 0.202 e. The molecule has 1 heterocycles. The van der Waals surface area contributed by atoms with Crippen molar-refractivity contribution < 1.29 is 44.2 Å². The van der Waals surface area contributed by atoms with Crippen molar-refractivity contribution in [2.45, 2.75) is 62.9 Å². The smallest absolute Gasteiger partial charge is 0.202 e. The van der Waals surface area contributed by atoms with Gasteiger partial charge in [0, 0.05) is 42.0 Å². The molecule has 186 valence electrons. The number of aliphatic hydroxyl groups is 2. The van der Waals surface area contributed by atoms with Crippen LogP contribution < -0.4 is 10.5 Å². The fourth-order valence-electron chi connectivity index (χ4n) is 5.34. The number of ether oxygens (including phenoxy) is 3. The van der Waals surface area contributed by atoms with E-state index in [1.165, 1.54) is 19.2 Å². The molecule has 10 heteroatoms. The molecule has 5 rings (SSSR count). The maximum absolute atomic E-state index is 13.5. The van der Waals surface area contributed by atoms with Crippen molar-refractivity contribution in [3.8, 4) is 17.2 Å². The number of rotatable bonds is 3. The Morgan fingerprint density at radius 1 is 1.03 bits per heavy atom. The number of benzene rings is 2. The van der Waals surface area contributed by atoms with Crippen molar-refractivity contribution in [2.75, 3.05) is 7.11 Å². The zero-order valence-corrected chi connectivity index (χ0v) is 19.2. The van der Waals surface area contributed by atoms with Crippen LogP contribution in [0.15, 0.2) is 18.2 Å². The zero-order chi connectivity index (χ0) is 25.2. The molecule has 0 unspecified atom stereocenters. The molecule has 0 aromatic heterocycles. The topological polar surface area (TPSA) is 169 Å². The minimum atomic E-state index is -0.966. The number of aromatic hydroxyl groups is 2. The maximum atomic E-state index is 13.5. The van der Waals surface area contributed by atoms with Gasteiger partial charge in [-0.2, -0.15) is 0 Å². The fourth-order valence-corrected chi connectivity index (χ4v) is 5.34. The van der Waals surface area contributed by atoms with Gasteiger partial charge in [-0.15, -0.1) is 0 Å². The van der Waals surface area contributed by atoms with Crippen LogP contribution in [-0.2, 0) is 15.9 Å². The number of ketones is 2. The van der Waals surface area contributed by atoms with Crippen LogP contribution in [0.3, 0.4) is 0 Å². The summed E-state index contributed by atoms with van der Waals surface area (Å²) in [6, 6.07) is 3.94. The molecule has 1 aliphatic heterocycles. The van der Waals surface area contributed by atoms with Gasteiger partial charge in [-0.1, -0.05) is 12.1 Å². The molecule has 10 nitrogen and oxygen atoms in total. The third kappa shape index (κ3) is 3.60. The van der Waals surface area contributed by atoms with Gasteiger partial charge in [-0.05, 0) is 13.0 Å². The van der Waals surface area contributed by atoms with Gasteiger partial charge in [-0.25, -0.2) is 0 Å². The molecular formula is C25H27NO9. The van der Waals surface area contributed by atoms with Gasteiger partial charge in [-0.3, -0.25) is 9.59 Å². The van der Waals surface area contributed by atoms with Gasteiger partial charge >= 0.3 is 0 Å². The van der Waals surface area contributed by atoms with Gasteiger partial charge in [0.25, 0.3) is 0 Å². The predicted molar refractivity (Wildman–Crippen MR) is 121 cm³/mol. The van der Waals surface area contributed by atoms with E-state index in [-0.39, 0.29) is 58.4 Å². The van der Waals surface area contributed by atoms with Crippen LogP contribution in [0.5, 0.6) is 17.2 Å². The van der Waals surface area contributed by atoms with E-state index in [0.717, 1.165) is 0 Å². The fraction of sp³-hybridized carbons (Fsp3) is 0.440. The first kappa shape index (κ1) is 23.7. The Morgan fingerprint density at radius 3 is 2.43 bits per heavy atom. The van der Waals surface area contributed by atoms with Crippen LogP contribution >= 0.6 is 0 Å². The number of phenolic OH excluding ortho intramolecular Hbond substituents is 2. The first-order chi connectivity index (χ1) is 16.6. The van der Waals surface area contributed by atoms with E-state index < -0.39 is 59.8 Å². The highest BCUT2D eigenvalue weighted by Gasteiger charge is 2.44. The SMILES string of the molecule is COc1cccc2c1C(=O)c1c(O)c3c(c(O)c1C2=O)C[C@@H](O)C[C@H]3O[C@H]1C[C@@H](N)[C@@H](O)[C@H](C)O1. The lowest BCUT2D eigenvalue weighted by atomic mass is 9.76.